The lowest BCUT2D eigenvalue weighted by molar-refractivity contribution is 0.153. The van der Waals surface area contributed by atoms with Gasteiger partial charge in [-0.05, 0) is 49.4 Å². The van der Waals surface area contributed by atoms with E-state index in [9.17, 15) is 4.39 Å². The lowest BCUT2D eigenvalue weighted by Gasteiger charge is -2.33. The van der Waals surface area contributed by atoms with Gasteiger partial charge >= 0.3 is 0 Å². The Kier molecular flexibility index (Phi) is 4.00. The van der Waals surface area contributed by atoms with Gasteiger partial charge < -0.3 is 10.1 Å². The fourth-order valence-corrected chi connectivity index (χ4v) is 3.24. The summed E-state index contributed by atoms with van der Waals surface area (Å²) in [5, 5.41) is 3.34. The van der Waals surface area contributed by atoms with E-state index in [1.165, 1.54) is 6.07 Å². The lowest BCUT2D eigenvalue weighted by Crippen LogP contribution is -2.27. The second-order valence-electron chi connectivity index (χ2n) is 5.37. The van der Waals surface area contributed by atoms with E-state index in [0.29, 0.717) is 0 Å². The van der Waals surface area contributed by atoms with Crippen molar-refractivity contribution in [3.05, 3.63) is 63.4 Å². The molecule has 0 aromatic heterocycles. The third-order valence-corrected chi connectivity index (χ3v) is 4.49. The van der Waals surface area contributed by atoms with Crippen molar-refractivity contribution in [2.75, 3.05) is 7.05 Å². The van der Waals surface area contributed by atoms with Crippen LogP contribution in [0.3, 0.4) is 0 Å². The van der Waals surface area contributed by atoms with E-state index in [1.54, 1.807) is 6.07 Å². The topological polar surface area (TPSA) is 21.3 Å². The van der Waals surface area contributed by atoms with Crippen LogP contribution in [0.25, 0.3) is 0 Å². The van der Waals surface area contributed by atoms with Gasteiger partial charge in [0.2, 0.25) is 0 Å². The van der Waals surface area contributed by atoms with Crippen molar-refractivity contribution in [2.24, 2.45) is 0 Å². The molecule has 1 heterocycles. The van der Waals surface area contributed by atoms with E-state index < -0.39 is 0 Å². The molecule has 0 saturated carbocycles. The monoisotopic (exact) mass is 349 g/mol. The predicted octanol–water partition coefficient (Wildman–Crippen LogP) is 4.68. The quantitative estimate of drug-likeness (QED) is 0.849. The first-order valence-electron chi connectivity index (χ1n) is 6.98. The third kappa shape index (κ3) is 2.83. The molecule has 2 aromatic rings. The zero-order valence-electron chi connectivity index (χ0n) is 12.0. The van der Waals surface area contributed by atoms with Crippen LogP contribution in [0.5, 0.6) is 5.75 Å². The van der Waals surface area contributed by atoms with Crippen LogP contribution in [0, 0.1) is 12.7 Å². The van der Waals surface area contributed by atoms with Crippen LogP contribution in [0.4, 0.5) is 4.39 Å². The Morgan fingerprint density at radius 2 is 1.95 bits per heavy atom. The average Bonchev–Trinajstić information content (AvgIpc) is 2.45. The fraction of sp³-hybridized carbons (Fsp3) is 0.294. The molecule has 0 aliphatic carbocycles. The molecule has 2 aromatic carbocycles. The summed E-state index contributed by atoms with van der Waals surface area (Å²) in [5.74, 6) is 0.670. The van der Waals surface area contributed by atoms with E-state index >= 15 is 0 Å². The molecule has 2 unspecified atom stereocenters. The Labute approximate surface area is 132 Å². The van der Waals surface area contributed by atoms with Crippen molar-refractivity contribution in [3.8, 4) is 5.75 Å². The van der Waals surface area contributed by atoms with Crippen LogP contribution in [0.1, 0.15) is 35.3 Å². The third-order valence-electron chi connectivity index (χ3n) is 4.00. The second-order valence-corrected chi connectivity index (χ2v) is 6.28. The number of aryl methyl sites for hydroxylation is 1. The minimum absolute atomic E-state index is 0.0650. The number of hydrogen-bond donors (Lipinski definition) is 1. The molecule has 0 bridgehead atoms. The maximum atomic E-state index is 13.3. The van der Waals surface area contributed by atoms with Crippen molar-refractivity contribution in [1.29, 1.82) is 0 Å². The highest BCUT2D eigenvalue weighted by molar-refractivity contribution is 9.10. The molecule has 1 aliphatic heterocycles. The largest absolute Gasteiger partial charge is 0.485 e. The highest BCUT2D eigenvalue weighted by Crippen LogP contribution is 2.42. The van der Waals surface area contributed by atoms with Gasteiger partial charge in [-0.1, -0.05) is 28.1 Å². The number of fused-ring (bicyclic) bond motifs is 1. The summed E-state index contributed by atoms with van der Waals surface area (Å²) in [4.78, 5) is 0. The van der Waals surface area contributed by atoms with Crippen molar-refractivity contribution in [1.82, 2.24) is 5.32 Å². The smallest absolute Gasteiger partial charge is 0.126 e. The van der Waals surface area contributed by atoms with Gasteiger partial charge in [0.15, 0.2) is 0 Å². The molecule has 110 valence electrons. The molecule has 4 heteroatoms. The summed E-state index contributed by atoms with van der Waals surface area (Å²) in [6.07, 6.45) is 0.766. The van der Waals surface area contributed by atoms with Crippen molar-refractivity contribution in [2.45, 2.75) is 25.5 Å². The molecule has 21 heavy (non-hydrogen) atoms. The number of benzene rings is 2. The zero-order chi connectivity index (χ0) is 15.0. The number of hydrogen-bond acceptors (Lipinski definition) is 2. The Morgan fingerprint density at radius 3 is 2.67 bits per heavy atom. The first kappa shape index (κ1) is 14.5. The Morgan fingerprint density at radius 1 is 1.19 bits per heavy atom. The summed E-state index contributed by atoms with van der Waals surface area (Å²) in [6.45, 7) is 1.92. The number of ether oxygens (including phenoxy) is 1. The lowest BCUT2D eigenvalue weighted by atomic mass is 9.91. The highest BCUT2D eigenvalue weighted by atomic mass is 79.9. The minimum atomic E-state index is -0.208. The van der Waals surface area contributed by atoms with Crippen molar-refractivity contribution >= 4 is 15.9 Å². The fourth-order valence-electron chi connectivity index (χ4n) is 2.90. The average molecular weight is 350 g/mol. The van der Waals surface area contributed by atoms with Crippen LogP contribution in [-0.4, -0.2) is 7.05 Å². The summed E-state index contributed by atoms with van der Waals surface area (Å²) in [6, 6.07) is 11.2. The van der Waals surface area contributed by atoms with Gasteiger partial charge in [-0.25, -0.2) is 4.39 Å². The summed E-state index contributed by atoms with van der Waals surface area (Å²) in [5.41, 5.74) is 3.13. The molecule has 1 N–H and O–H groups in total. The molecule has 1 aliphatic rings. The molecule has 0 fully saturated rings. The molecule has 0 saturated heterocycles. The van der Waals surface area contributed by atoms with Gasteiger partial charge in [-0.15, -0.1) is 0 Å². The van der Waals surface area contributed by atoms with Crippen LogP contribution in [-0.2, 0) is 0 Å². The van der Waals surface area contributed by atoms with E-state index in [-0.39, 0.29) is 18.0 Å². The Balaban J connectivity index is 1.99. The molecule has 2 atom stereocenters. The number of nitrogens with one attached hydrogen (secondary N) is 1. The molecular weight excluding hydrogens is 333 g/mol. The van der Waals surface area contributed by atoms with Gasteiger partial charge in [0.25, 0.3) is 0 Å². The summed E-state index contributed by atoms with van der Waals surface area (Å²) in [7, 11) is 1.95. The molecule has 3 rings (SSSR count). The van der Waals surface area contributed by atoms with Crippen LogP contribution < -0.4 is 10.1 Å². The SMILES string of the molecule is CNC1CC(c2ccc(F)cc2C)Oc2cc(Br)ccc21. The summed E-state index contributed by atoms with van der Waals surface area (Å²) >= 11 is 3.48. The van der Waals surface area contributed by atoms with Crippen LogP contribution >= 0.6 is 15.9 Å². The van der Waals surface area contributed by atoms with Crippen LogP contribution in [0.2, 0.25) is 0 Å². The predicted molar refractivity (Wildman–Crippen MR) is 85.1 cm³/mol. The number of rotatable bonds is 2. The standard InChI is InChI=1S/C17H17BrFNO/c1-10-7-12(19)4-6-13(10)17-9-15(20-2)14-5-3-11(18)8-16(14)21-17/h3-8,15,17,20H,9H2,1-2H3. The van der Waals surface area contributed by atoms with Gasteiger partial charge in [-0.3, -0.25) is 0 Å². The Bertz CT molecular complexity index is 674. The number of halogens is 2. The van der Waals surface area contributed by atoms with Crippen molar-refractivity contribution in [3.63, 3.8) is 0 Å². The summed E-state index contributed by atoms with van der Waals surface area (Å²) < 4.78 is 20.4. The molecule has 0 radical (unpaired) electrons. The first-order chi connectivity index (χ1) is 10.1. The molecule has 0 amide bonds. The van der Waals surface area contributed by atoms with Gasteiger partial charge in [0.1, 0.15) is 17.7 Å². The van der Waals surface area contributed by atoms with E-state index in [4.69, 9.17) is 4.74 Å². The molecule has 0 spiro atoms. The van der Waals surface area contributed by atoms with Crippen LogP contribution in [0.15, 0.2) is 40.9 Å². The van der Waals surface area contributed by atoms with Gasteiger partial charge in [-0.2, -0.15) is 0 Å². The van der Waals surface area contributed by atoms with E-state index in [1.807, 2.05) is 32.2 Å². The maximum absolute atomic E-state index is 13.3. The van der Waals surface area contributed by atoms with Gasteiger partial charge in [0, 0.05) is 22.5 Å². The first-order valence-corrected chi connectivity index (χ1v) is 7.77. The highest BCUT2D eigenvalue weighted by Gasteiger charge is 2.29. The Hall–Kier alpha value is -1.39. The zero-order valence-corrected chi connectivity index (χ0v) is 13.6. The molecule has 2 nitrogen and oxygen atoms in total. The van der Waals surface area contributed by atoms with E-state index in [0.717, 1.165) is 33.3 Å². The molecular formula is C17H17BrFNO. The maximum Gasteiger partial charge on any atom is 0.126 e. The van der Waals surface area contributed by atoms with Crippen molar-refractivity contribution < 1.29 is 9.13 Å². The van der Waals surface area contributed by atoms with Gasteiger partial charge in [0.05, 0.1) is 0 Å². The normalized spacial score (nSPS) is 20.8. The minimum Gasteiger partial charge on any atom is -0.485 e. The second kappa shape index (κ2) is 5.78. The van der Waals surface area contributed by atoms with E-state index in [2.05, 4.69) is 27.3 Å².